The van der Waals surface area contributed by atoms with Gasteiger partial charge in [0.2, 0.25) is 0 Å². The number of halogens is 3. The maximum Gasteiger partial charge on any atom is 0.418 e. The maximum absolute atomic E-state index is 13.0. The minimum Gasteiger partial charge on any atom is -0.464 e. The van der Waals surface area contributed by atoms with Crippen molar-refractivity contribution in [3.05, 3.63) is 35.7 Å². The number of hydrogen-bond acceptors (Lipinski definition) is 4. The summed E-state index contributed by atoms with van der Waals surface area (Å²) in [6.45, 7) is 0. The number of ether oxygens (including phenoxy) is 1. The third-order valence-electron chi connectivity index (χ3n) is 2.59. The highest BCUT2D eigenvalue weighted by atomic mass is 19.4. The third kappa shape index (κ3) is 2.44. The molecule has 3 N–H and O–H groups in total. The maximum atomic E-state index is 13.0. The second-order valence-electron chi connectivity index (χ2n) is 3.90. The van der Waals surface area contributed by atoms with Gasteiger partial charge < -0.3 is 15.5 Å². The zero-order chi connectivity index (χ0) is 14.9. The number of pyridine rings is 1. The van der Waals surface area contributed by atoms with E-state index in [1.165, 1.54) is 18.3 Å². The molecule has 0 bridgehead atoms. The van der Waals surface area contributed by atoms with E-state index in [1.54, 1.807) is 0 Å². The van der Waals surface area contributed by atoms with Gasteiger partial charge in [-0.2, -0.15) is 13.2 Å². The lowest BCUT2D eigenvalue weighted by atomic mass is 10.1. The Kier molecular flexibility index (Phi) is 3.39. The van der Waals surface area contributed by atoms with Crippen molar-refractivity contribution in [2.75, 3.05) is 12.8 Å². The summed E-state index contributed by atoms with van der Waals surface area (Å²) >= 11 is 0. The molecule has 0 aliphatic heterocycles. The minimum atomic E-state index is -4.64. The van der Waals surface area contributed by atoms with Crippen molar-refractivity contribution in [3.63, 3.8) is 0 Å². The Hall–Kier alpha value is -2.51. The molecule has 2 rings (SSSR count). The average molecular weight is 285 g/mol. The van der Waals surface area contributed by atoms with Crippen molar-refractivity contribution in [2.24, 2.45) is 0 Å². The van der Waals surface area contributed by atoms with Crippen LogP contribution in [0.1, 0.15) is 16.1 Å². The summed E-state index contributed by atoms with van der Waals surface area (Å²) in [5.41, 5.74) is 3.40. The predicted octanol–water partition coefficient (Wildman–Crippen LogP) is 2.46. The first-order valence-corrected chi connectivity index (χ1v) is 5.44. The number of rotatable bonds is 2. The number of nitrogens with two attached hydrogens (primary N) is 1. The smallest absolute Gasteiger partial charge is 0.418 e. The molecule has 0 aliphatic rings. The molecule has 0 amide bonds. The lowest BCUT2D eigenvalue weighted by Gasteiger charge is -2.14. The van der Waals surface area contributed by atoms with E-state index in [0.717, 1.165) is 7.11 Å². The summed E-state index contributed by atoms with van der Waals surface area (Å²) in [4.78, 5) is 17.8. The topological polar surface area (TPSA) is 81.0 Å². The Morgan fingerprint density at radius 1 is 1.45 bits per heavy atom. The number of anilines is 1. The van der Waals surface area contributed by atoms with E-state index in [4.69, 9.17) is 5.73 Å². The molecule has 8 heteroatoms. The average Bonchev–Trinajstić information content (AvgIpc) is 2.90. The predicted molar refractivity (Wildman–Crippen MR) is 64.8 cm³/mol. The number of carbonyl (C=O) groups excluding carboxylic acids is 1. The highest BCUT2D eigenvalue weighted by molar-refractivity contribution is 5.93. The second kappa shape index (κ2) is 4.87. The summed E-state index contributed by atoms with van der Waals surface area (Å²) in [6.07, 6.45) is -3.19. The first-order valence-electron chi connectivity index (χ1n) is 5.44. The summed E-state index contributed by atoms with van der Waals surface area (Å²) < 4.78 is 43.5. The van der Waals surface area contributed by atoms with Crippen LogP contribution in [0.3, 0.4) is 0 Å². The number of methoxy groups -OCH3 is 1. The quantitative estimate of drug-likeness (QED) is 0.830. The van der Waals surface area contributed by atoms with Crippen LogP contribution in [0.15, 0.2) is 24.4 Å². The van der Waals surface area contributed by atoms with Crippen LogP contribution in [-0.4, -0.2) is 23.0 Å². The molecule has 5 nitrogen and oxygen atoms in total. The number of nitrogens with one attached hydrogen (secondary N) is 1. The fourth-order valence-corrected chi connectivity index (χ4v) is 1.69. The van der Waals surface area contributed by atoms with Gasteiger partial charge in [-0.1, -0.05) is 0 Å². The number of nitrogen functional groups attached to an aromatic ring is 1. The van der Waals surface area contributed by atoms with E-state index < -0.39 is 23.4 Å². The Balaban J connectivity index is 2.71. The van der Waals surface area contributed by atoms with Gasteiger partial charge in [-0.3, -0.25) is 0 Å². The first kappa shape index (κ1) is 13.9. The fourth-order valence-electron chi connectivity index (χ4n) is 1.69. The van der Waals surface area contributed by atoms with Gasteiger partial charge in [0, 0.05) is 6.20 Å². The van der Waals surface area contributed by atoms with E-state index in [2.05, 4.69) is 14.7 Å². The van der Waals surface area contributed by atoms with Gasteiger partial charge in [-0.05, 0) is 18.2 Å². The molecular formula is C12H10F3N3O2. The minimum absolute atomic E-state index is 0.127. The Morgan fingerprint density at radius 3 is 2.65 bits per heavy atom. The van der Waals surface area contributed by atoms with Crippen molar-refractivity contribution in [1.29, 1.82) is 0 Å². The normalized spacial score (nSPS) is 11.4. The molecule has 20 heavy (non-hydrogen) atoms. The van der Waals surface area contributed by atoms with Crippen LogP contribution in [0, 0.1) is 0 Å². The highest BCUT2D eigenvalue weighted by Crippen LogP contribution is 2.37. The summed E-state index contributed by atoms with van der Waals surface area (Å²) in [7, 11) is 1.09. The largest absolute Gasteiger partial charge is 0.464 e. The van der Waals surface area contributed by atoms with E-state index in [1.807, 2.05) is 0 Å². The van der Waals surface area contributed by atoms with Gasteiger partial charge >= 0.3 is 12.1 Å². The number of aromatic nitrogens is 2. The number of aromatic amines is 1. The molecule has 0 fully saturated rings. The fraction of sp³-hybridized carbons (Fsp3) is 0.167. The number of H-pyrrole nitrogens is 1. The van der Waals surface area contributed by atoms with Gasteiger partial charge in [0.05, 0.1) is 29.7 Å². The standard InChI is InChI=1S/C12H10F3N3O2/c1-20-11(19)10-7(16)5-6(12(13,14)15)9(18-10)8-3-2-4-17-8/h2-5,17H,16H2,1H3. The molecule has 0 radical (unpaired) electrons. The number of esters is 1. The van der Waals surface area contributed by atoms with Crippen LogP contribution in [0.2, 0.25) is 0 Å². The van der Waals surface area contributed by atoms with E-state index in [0.29, 0.717) is 6.07 Å². The van der Waals surface area contributed by atoms with Crippen LogP contribution >= 0.6 is 0 Å². The number of hydrogen-bond donors (Lipinski definition) is 2. The molecule has 0 spiro atoms. The summed E-state index contributed by atoms with van der Waals surface area (Å²) in [5, 5.41) is 0. The van der Waals surface area contributed by atoms with Gasteiger partial charge in [0.25, 0.3) is 0 Å². The number of alkyl halides is 3. The molecular weight excluding hydrogens is 275 g/mol. The third-order valence-corrected chi connectivity index (χ3v) is 2.59. The van der Waals surface area contributed by atoms with Crippen LogP contribution in [-0.2, 0) is 10.9 Å². The molecule has 2 aromatic rings. The molecule has 106 valence electrons. The van der Waals surface area contributed by atoms with Crippen LogP contribution < -0.4 is 5.73 Å². The molecule has 0 saturated heterocycles. The number of nitrogens with zero attached hydrogens (tertiary/aromatic N) is 1. The van der Waals surface area contributed by atoms with Crippen LogP contribution in [0.25, 0.3) is 11.4 Å². The van der Waals surface area contributed by atoms with Gasteiger partial charge in [-0.15, -0.1) is 0 Å². The molecule has 0 aliphatic carbocycles. The molecule has 0 aromatic carbocycles. The van der Waals surface area contributed by atoms with E-state index in [9.17, 15) is 18.0 Å². The monoisotopic (exact) mass is 285 g/mol. The Bertz CT molecular complexity index is 636. The lowest BCUT2D eigenvalue weighted by molar-refractivity contribution is -0.137. The molecule has 0 atom stereocenters. The van der Waals surface area contributed by atoms with E-state index >= 15 is 0 Å². The van der Waals surface area contributed by atoms with Gasteiger partial charge in [-0.25, -0.2) is 9.78 Å². The first-order chi connectivity index (χ1) is 9.34. The second-order valence-corrected chi connectivity index (χ2v) is 3.90. The summed E-state index contributed by atoms with van der Waals surface area (Å²) in [6, 6.07) is 3.61. The Labute approximate surface area is 111 Å². The van der Waals surface area contributed by atoms with Crippen molar-refractivity contribution in [3.8, 4) is 11.4 Å². The molecule has 0 unspecified atom stereocenters. The van der Waals surface area contributed by atoms with Crippen molar-refractivity contribution < 1.29 is 22.7 Å². The zero-order valence-electron chi connectivity index (χ0n) is 10.3. The van der Waals surface area contributed by atoms with Gasteiger partial charge in [0.1, 0.15) is 0 Å². The molecule has 2 heterocycles. The van der Waals surface area contributed by atoms with Gasteiger partial charge in [0.15, 0.2) is 5.69 Å². The van der Waals surface area contributed by atoms with Crippen LogP contribution in [0.5, 0.6) is 0 Å². The Morgan fingerprint density at radius 2 is 2.15 bits per heavy atom. The summed E-state index contributed by atoms with van der Waals surface area (Å²) in [5.74, 6) is -0.899. The molecule has 0 saturated carbocycles. The van der Waals surface area contributed by atoms with E-state index in [-0.39, 0.29) is 17.1 Å². The highest BCUT2D eigenvalue weighted by Gasteiger charge is 2.36. The SMILES string of the molecule is COC(=O)c1nc(-c2ccc[nH]2)c(C(F)(F)F)cc1N. The number of carbonyl (C=O) groups is 1. The van der Waals surface area contributed by atoms with Crippen molar-refractivity contribution in [1.82, 2.24) is 9.97 Å². The lowest BCUT2D eigenvalue weighted by Crippen LogP contribution is -2.15. The van der Waals surface area contributed by atoms with Crippen molar-refractivity contribution in [2.45, 2.75) is 6.18 Å². The zero-order valence-corrected chi connectivity index (χ0v) is 10.3. The van der Waals surface area contributed by atoms with Crippen molar-refractivity contribution >= 4 is 11.7 Å². The molecule has 2 aromatic heterocycles. The van der Waals surface area contributed by atoms with Crippen LogP contribution in [0.4, 0.5) is 18.9 Å².